The van der Waals surface area contributed by atoms with Gasteiger partial charge in [0.2, 0.25) is 0 Å². The standard InChI is InChI=1S/C6H8BrN/c1-5-6(2-3-7)4-8-5/h5-6,8H,4H2,1H3/t5-,6?/m1/s1. The highest BCUT2D eigenvalue weighted by Gasteiger charge is 2.23. The lowest BCUT2D eigenvalue weighted by molar-refractivity contribution is 0.318. The molecule has 0 spiro atoms. The second-order valence-electron chi connectivity index (χ2n) is 2.04. The number of halogens is 1. The molecule has 0 bridgehead atoms. The molecule has 1 heterocycles. The van der Waals surface area contributed by atoms with Gasteiger partial charge in [0, 0.05) is 34.4 Å². The topological polar surface area (TPSA) is 12.0 Å². The van der Waals surface area contributed by atoms with Crippen molar-refractivity contribution in [2.24, 2.45) is 5.92 Å². The van der Waals surface area contributed by atoms with Crippen LogP contribution in [0.15, 0.2) is 0 Å². The summed E-state index contributed by atoms with van der Waals surface area (Å²) in [6.07, 6.45) is 0. The van der Waals surface area contributed by atoms with Crippen LogP contribution in [0.5, 0.6) is 0 Å². The van der Waals surface area contributed by atoms with Crippen LogP contribution >= 0.6 is 15.9 Å². The Morgan fingerprint density at radius 3 is 2.62 bits per heavy atom. The highest BCUT2D eigenvalue weighted by atomic mass is 79.9. The van der Waals surface area contributed by atoms with Crippen molar-refractivity contribution < 1.29 is 0 Å². The minimum atomic E-state index is 0.578. The maximum absolute atomic E-state index is 3.22. The lowest BCUT2D eigenvalue weighted by atomic mass is 9.95. The lowest BCUT2D eigenvalue weighted by Gasteiger charge is -2.30. The average Bonchev–Trinajstić information content (AvgIpc) is 1.79. The Morgan fingerprint density at radius 1 is 1.75 bits per heavy atom. The quantitative estimate of drug-likeness (QED) is 0.539. The molecule has 0 aromatic rings. The van der Waals surface area contributed by atoms with Crippen LogP contribution in [0.2, 0.25) is 0 Å². The summed E-state index contributed by atoms with van der Waals surface area (Å²) in [5, 5.41) is 3.22. The predicted molar refractivity (Wildman–Crippen MR) is 37.7 cm³/mol. The summed E-state index contributed by atoms with van der Waals surface area (Å²) in [5.41, 5.74) is 0. The van der Waals surface area contributed by atoms with E-state index >= 15 is 0 Å². The third-order valence-electron chi connectivity index (χ3n) is 1.50. The molecule has 2 heteroatoms. The van der Waals surface area contributed by atoms with Gasteiger partial charge in [0.1, 0.15) is 0 Å². The van der Waals surface area contributed by atoms with Gasteiger partial charge < -0.3 is 5.32 Å². The third-order valence-corrected chi connectivity index (χ3v) is 1.73. The molecule has 1 nitrogen and oxygen atoms in total. The van der Waals surface area contributed by atoms with Crippen molar-refractivity contribution in [3.05, 3.63) is 0 Å². The molecule has 1 saturated heterocycles. The normalized spacial score (nSPS) is 34.8. The van der Waals surface area contributed by atoms with Crippen molar-refractivity contribution >= 4 is 15.9 Å². The summed E-state index contributed by atoms with van der Waals surface area (Å²) >= 11 is 3.06. The van der Waals surface area contributed by atoms with E-state index < -0.39 is 0 Å². The first-order valence-electron chi connectivity index (χ1n) is 2.69. The lowest BCUT2D eigenvalue weighted by Crippen LogP contribution is -2.50. The summed E-state index contributed by atoms with van der Waals surface area (Å²) in [4.78, 5) is 2.72. The van der Waals surface area contributed by atoms with Gasteiger partial charge in [-0.1, -0.05) is 5.92 Å². The van der Waals surface area contributed by atoms with Gasteiger partial charge in [-0.2, -0.15) is 0 Å². The van der Waals surface area contributed by atoms with E-state index in [4.69, 9.17) is 0 Å². The average molecular weight is 174 g/mol. The van der Waals surface area contributed by atoms with E-state index in [1.54, 1.807) is 0 Å². The summed E-state index contributed by atoms with van der Waals surface area (Å²) in [6.45, 7) is 3.20. The van der Waals surface area contributed by atoms with Crippen molar-refractivity contribution in [3.63, 3.8) is 0 Å². The van der Waals surface area contributed by atoms with E-state index in [1.165, 1.54) is 0 Å². The van der Waals surface area contributed by atoms with Gasteiger partial charge in [0.25, 0.3) is 0 Å². The van der Waals surface area contributed by atoms with Crippen LogP contribution in [0.1, 0.15) is 6.92 Å². The minimum Gasteiger partial charge on any atom is -0.312 e. The van der Waals surface area contributed by atoms with Crippen LogP contribution < -0.4 is 5.32 Å². The second-order valence-corrected chi connectivity index (χ2v) is 2.44. The van der Waals surface area contributed by atoms with Gasteiger partial charge >= 0.3 is 0 Å². The number of hydrogen-bond donors (Lipinski definition) is 1. The summed E-state index contributed by atoms with van der Waals surface area (Å²) in [5.74, 6) is 3.61. The zero-order valence-corrected chi connectivity index (χ0v) is 6.33. The molecule has 0 saturated carbocycles. The molecule has 1 aliphatic rings. The van der Waals surface area contributed by atoms with Gasteiger partial charge in [-0.05, 0) is 11.8 Å². The van der Waals surface area contributed by atoms with Crippen LogP contribution in [0.3, 0.4) is 0 Å². The third kappa shape index (κ3) is 1.04. The Hall–Kier alpha value is 0. The summed E-state index contributed by atoms with van der Waals surface area (Å²) in [7, 11) is 0. The van der Waals surface area contributed by atoms with Crippen molar-refractivity contribution in [2.45, 2.75) is 13.0 Å². The molecule has 1 fully saturated rings. The molecule has 1 aliphatic heterocycles. The zero-order valence-electron chi connectivity index (χ0n) is 4.74. The molecule has 1 rings (SSSR count). The molecule has 44 valence electrons. The monoisotopic (exact) mass is 173 g/mol. The van der Waals surface area contributed by atoms with Crippen LogP contribution in [0.25, 0.3) is 0 Å². The van der Waals surface area contributed by atoms with E-state index in [-0.39, 0.29) is 0 Å². The molecule has 2 atom stereocenters. The van der Waals surface area contributed by atoms with Crippen molar-refractivity contribution in [2.75, 3.05) is 6.54 Å². The van der Waals surface area contributed by atoms with Gasteiger partial charge in [0.05, 0.1) is 0 Å². The van der Waals surface area contributed by atoms with Gasteiger partial charge in [-0.3, -0.25) is 0 Å². The van der Waals surface area contributed by atoms with Crippen molar-refractivity contribution in [1.29, 1.82) is 0 Å². The van der Waals surface area contributed by atoms with Gasteiger partial charge in [-0.15, -0.1) is 0 Å². The Kier molecular flexibility index (Phi) is 1.93. The zero-order chi connectivity index (χ0) is 5.98. The van der Waals surface area contributed by atoms with Crippen molar-refractivity contribution in [3.8, 4) is 10.8 Å². The van der Waals surface area contributed by atoms with Crippen LogP contribution in [0.4, 0.5) is 0 Å². The van der Waals surface area contributed by atoms with Crippen molar-refractivity contribution in [1.82, 2.24) is 5.32 Å². The molecule has 0 aromatic carbocycles. The van der Waals surface area contributed by atoms with Crippen LogP contribution in [-0.2, 0) is 0 Å². The Balaban J connectivity index is 2.34. The number of hydrogen-bond acceptors (Lipinski definition) is 1. The number of nitrogens with one attached hydrogen (secondary N) is 1. The Labute approximate surface area is 58.0 Å². The molecular weight excluding hydrogens is 166 g/mol. The maximum atomic E-state index is 3.22. The first-order valence-corrected chi connectivity index (χ1v) is 3.48. The fourth-order valence-electron chi connectivity index (χ4n) is 0.718. The van der Waals surface area contributed by atoms with Gasteiger partial charge in [-0.25, -0.2) is 0 Å². The van der Waals surface area contributed by atoms with Gasteiger partial charge in [0.15, 0.2) is 0 Å². The first-order chi connectivity index (χ1) is 3.84. The highest BCUT2D eigenvalue weighted by molar-refractivity contribution is 9.12. The molecule has 0 amide bonds. The number of rotatable bonds is 0. The molecular formula is C6H8BrN. The molecule has 1 N–H and O–H groups in total. The molecule has 0 radical (unpaired) electrons. The minimum absolute atomic E-state index is 0.578. The van der Waals surface area contributed by atoms with E-state index in [0.717, 1.165) is 6.54 Å². The second kappa shape index (κ2) is 2.52. The van der Waals surface area contributed by atoms with Crippen LogP contribution in [0, 0.1) is 16.7 Å². The molecule has 1 unspecified atom stereocenters. The fraction of sp³-hybridized carbons (Fsp3) is 0.667. The smallest absolute Gasteiger partial charge is 0.0487 e. The van der Waals surface area contributed by atoms with E-state index in [1.807, 2.05) is 0 Å². The first kappa shape index (κ1) is 6.12. The summed E-state index contributed by atoms with van der Waals surface area (Å²) < 4.78 is 0. The van der Waals surface area contributed by atoms with E-state index in [9.17, 15) is 0 Å². The maximum Gasteiger partial charge on any atom is 0.0487 e. The van der Waals surface area contributed by atoms with E-state index in [0.29, 0.717) is 12.0 Å². The largest absolute Gasteiger partial charge is 0.312 e. The SMILES string of the molecule is C[C@H]1NCC1C#CBr. The highest BCUT2D eigenvalue weighted by Crippen LogP contribution is 2.10. The van der Waals surface area contributed by atoms with E-state index in [2.05, 4.69) is 38.9 Å². The predicted octanol–water partition coefficient (Wildman–Crippen LogP) is 0.950. The molecule has 0 aromatic heterocycles. The Bertz CT molecular complexity index is 133. The molecule has 0 aliphatic carbocycles. The summed E-state index contributed by atoms with van der Waals surface area (Å²) in [6, 6.07) is 0.597. The Morgan fingerprint density at radius 2 is 2.50 bits per heavy atom. The van der Waals surface area contributed by atoms with Crippen LogP contribution in [-0.4, -0.2) is 12.6 Å². The molecule has 8 heavy (non-hydrogen) atoms. The fourth-order valence-corrected chi connectivity index (χ4v) is 1.01.